The third-order valence-electron chi connectivity index (χ3n) is 8.66. The van der Waals surface area contributed by atoms with E-state index in [0.29, 0.717) is 0 Å². The van der Waals surface area contributed by atoms with Gasteiger partial charge in [0.25, 0.3) is 0 Å². The molecule has 0 unspecified atom stereocenters. The second-order valence-electron chi connectivity index (χ2n) is 11.3. The van der Waals surface area contributed by atoms with Gasteiger partial charge in [-0.05, 0) is 59.2 Å². The quantitative estimate of drug-likeness (QED) is 0.204. The molecule has 0 fully saturated rings. The Balaban J connectivity index is 1.31. The summed E-state index contributed by atoms with van der Waals surface area (Å²) in [6.45, 7) is 0. The Morgan fingerprint density at radius 2 is 0.978 bits per heavy atom. The summed E-state index contributed by atoms with van der Waals surface area (Å²) in [6, 6.07) is 57.2. The van der Waals surface area contributed by atoms with E-state index >= 15 is 0 Å². The highest BCUT2D eigenvalue weighted by Gasteiger charge is 2.22. The number of fused-ring (bicyclic) bond motifs is 6. The van der Waals surface area contributed by atoms with Crippen LogP contribution in [-0.4, -0.2) is 0 Å². The van der Waals surface area contributed by atoms with Crippen molar-refractivity contribution in [1.82, 2.24) is 0 Å². The Hall–Kier alpha value is -6.06. The molecule has 7 aromatic carbocycles. The van der Waals surface area contributed by atoms with Gasteiger partial charge in [-0.3, -0.25) is 0 Å². The zero-order valence-corrected chi connectivity index (χ0v) is 24.4. The molecule has 0 aliphatic rings. The van der Waals surface area contributed by atoms with Crippen LogP contribution in [0.3, 0.4) is 0 Å². The molecular weight excluding hydrogens is 550 g/mol. The lowest BCUT2D eigenvalue weighted by Crippen LogP contribution is -2.10. The van der Waals surface area contributed by atoms with Crippen molar-refractivity contribution in [2.24, 2.45) is 0 Å². The SMILES string of the molecule is c1ccc(-c2cccc(N(c3ccc4oc5ccccc5c4c3)c3cccc4c3oc3c(-c5ccccc5)cccc34)c2)cc1. The van der Waals surface area contributed by atoms with Crippen molar-refractivity contribution in [3.63, 3.8) is 0 Å². The minimum atomic E-state index is 0.846. The first-order valence-corrected chi connectivity index (χ1v) is 15.2. The normalized spacial score (nSPS) is 11.6. The minimum Gasteiger partial charge on any atom is -0.456 e. The van der Waals surface area contributed by atoms with Gasteiger partial charge in [0.2, 0.25) is 0 Å². The van der Waals surface area contributed by atoms with Gasteiger partial charge in [0.15, 0.2) is 5.58 Å². The van der Waals surface area contributed by atoms with E-state index in [9.17, 15) is 0 Å². The molecule has 9 rings (SSSR count). The molecule has 0 saturated carbocycles. The molecule has 0 atom stereocenters. The number of hydrogen-bond acceptors (Lipinski definition) is 3. The molecule has 0 amide bonds. The maximum atomic E-state index is 6.89. The molecule has 0 radical (unpaired) electrons. The smallest absolute Gasteiger partial charge is 0.159 e. The predicted molar refractivity (Wildman–Crippen MR) is 187 cm³/mol. The van der Waals surface area contributed by atoms with Crippen LogP contribution in [0.25, 0.3) is 66.1 Å². The number of furan rings is 2. The van der Waals surface area contributed by atoms with Crippen molar-refractivity contribution < 1.29 is 8.83 Å². The molecular formula is C42H27NO2. The summed E-state index contributed by atoms with van der Waals surface area (Å²) in [5.41, 5.74) is 11.1. The Morgan fingerprint density at radius 3 is 1.82 bits per heavy atom. The van der Waals surface area contributed by atoms with Crippen molar-refractivity contribution in [1.29, 1.82) is 0 Å². The van der Waals surface area contributed by atoms with Crippen LogP contribution in [0, 0.1) is 0 Å². The van der Waals surface area contributed by atoms with E-state index in [2.05, 4.69) is 150 Å². The molecule has 0 aliphatic heterocycles. The van der Waals surface area contributed by atoms with Gasteiger partial charge in [0, 0.05) is 38.5 Å². The van der Waals surface area contributed by atoms with Crippen LogP contribution in [0.1, 0.15) is 0 Å². The lowest BCUT2D eigenvalue weighted by Gasteiger charge is -2.26. The van der Waals surface area contributed by atoms with Crippen molar-refractivity contribution in [2.75, 3.05) is 4.90 Å². The van der Waals surface area contributed by atoms with Gasteiger partial charge in [-0.25, -0.2) is 0 Å². The van der Waals surface area contributed by atoms with Gasteiger partial charge in [-0.15, -0.1) is 0 Å². The first-order chi connectivity index (χ1) is 22.3. The molecule has 212 valence electrons. The molecule has 0 saturated heterocycles. The average Bonchev–Trinajstić information content (AvgIpc) is 3.68. The summed E-state index contributed by atoms with van der Waals surface area (Å²) in [5.74, 6) is 0. The number of hydrogen-bond donors (Lipinski definition) is 0. The molecule has 45 heavy (non-hydrogen) atoms. The minimum absolute atomic E-state index is 0.846. The number of rotatable bonds is 5. The van der Waals surface area contributed by atoms with Gasteiger partial charge in [0.1, 0.15) is 16.7 Å². The van der Waals surface area contributed by atoms with Gasteiger partial charge in [0.05, 0.1) is 5.69 Å². The highest BCUT2D eigenvalue weighted by Crippen LogP contribution is 2.45. The van der Waals surface area contributed by atoms with E-state index in [0.717, 1.165) is 77.6 Å². The van der Waals surface area contributed by atoms with Crippen molar-refractivity contribution in [3.05, 3.63) is 164 Å². The van der Waals surface area contributed by atoms with Crippen LogP contribution in [0.2, 0.25) is 0 Å². The monoisotopic (exact) mass is 577 g/mol. The number of benzene rings is 7. The average molecular weight is 578 g/mol. The zero-order chi connectivity index (χ0) is 29.7. The number of anilines is 3. The van der Waals surface area contributed by atoms with E-state index < -0.39 is 0 Å². The van der Waals surface area contributed by atoms with Crippen LogP contribution in [-0.2, 0) is 0 Å². The number of para-hydroxylation sites is 3. The zero-order valence-electron chi connectivity index (χ0n) is 24.4. The van der Waals surface area contributed by atoms with Crippen LogP contribution in [0.15, 0.2) is 173 Å². The van der Waals surface area contributed by atoms with Crippen molar-refractivity contribution >= 4 is 60.9 Å². The van der Waals surface area contributed by atoms with Gasteiger partial charge in [-0.2, -0.15) is 0 Å². The van der Waals surface area contributed by atoms with Crippen molar-refractivity contribution in [2.45, 2.75) is 0 Å². The van der Waals surface area contributed by atoms with Crippen LogP contribution < -0.4 is 4.90 Å². The summed E-state index contributed by atoms with van der Waals surface area (Å²) in [7, 11) is 0. The van der Waals surface area contributed by atoms with Crippen molar-refractivity contribution in [3.8, 4) is 22.3 Å². The van der Waals surface area contributed by atoms with Crippen LogP contribution in [0.5, 0.6) is 0 Å². The Labute approximate surface area is 260 Å². The second-order valence-corrected chi connectivity index (χ2v) is 11.3. The van der Waals surface area contributed by atoms with E-state index in [1.54, 1.807) is 0 Å². The lowest BCUT2D eigenvalue weighted by molar-refractivity contribution is 0.669. The van der Waals surface area contributed by atoms with E-state index in [4.69, 9.17) is 8.83 Å². The highest BCUT2D eigenvalue weighted by atomic mass is 16.3. The molecule has 0 N–H and O–H groups in total. The second kappa shape index (κ2) is 10.3. The molecule has 3 heteroatoms. The fourth-order valence-electron chi connectivity index (χ4n) is 6.56. The number of nitrogens with zero attached hydrogens (tertiary/aromatic N) is 1. The molecule has 3 nitrogen and oxygen atoms in total. The maximum Gasteiger partial charge on any atom is 0.159 e. The van der Waals surface area contributed by atoms with Gasteiger partial charge in [-0.1, -0.05) is 121 Å². The van der Waals surface area contributed by atoms with E-state index in [1.807, 2.05) is 18.2 Å². The Morgan fingerprint density at radius 1 is 0.356 bits per heavy atom. The third-order valence-corrected chi connectivity index (χ3v) is 8.66. The maximum absolute atomic E-state index is 6.89. The summed E-state index contributed by atoms with van der Waals surface area (Å²) in [6.07, 6.45) is 0. The fourth-order valence-corrected chi connectivity index (χ4v) is 6.56. The largest absolute Gasteiger partial charge is 0.456 e. The summed E-state index contributed by atoms with van der Waals surface area (Å²) in [4.78, 5) is 2.31. The third kappa shape index (κ3) is 4.21. The Kier molecular flexibility index (Phi) is 5.82. The predicted octanol–water partition coefficient (Wildman–Crippen LogP) is 12.3. The Bertz CT molecular complexity index is 2490. The fraction of sp³-hybridized carbons (Fsp3) is 0. The van der Waals surface area contributed by atoms with Crippen LogP contribution in [0.4, 0.5) is 17.1 Å². The lowest BCUT2D eigenvalue weighted by atomic mass is 10.0. The standard InChI is InChI=1S/C42H27NO2/c1-3-12-28(13-4-1)30-16-9-17-31(26-30)43(32-24-25-40-37(27-32)34-18-7-8-23-39(34)44-40)38-22-11-21-36-35-20-10-19-33(41(35)45-42(36)38)29-14-5-2-6-15-29/h1-27H. The van der Waals surface area contributed by atoms with Gasteiger partial charge < -0.3 is 13.7 Å². The summed E-state index contributed by atoms with van der Waals surface area (Å²) in [5, 5.41) is 4.36. The molecule has 9 aromatic rings. The van der Waals surface area contributed by atoms with Crippen LogP contribution >= 0.6 is 0 Å². The molecule has 2 aromatic heterocycles. The molecule has 0 bridgehead atoms. The first-order valence-electron chi connectivity index (χ1n) is 15.2. The molecule has 2 heterocycles. The summed E-state index contributed by atoms with van der Waals surface area (Å²) < 4.78 is 13.1. The summed E-state index contributed by atoms with van der Waals surface area (Å²) >= 11 is 0. The van der Waals surface area contributed by atoms with Gasteiger partial charge >= 0.3 is 0 Å². The van der Waals surface area contributed by atoms with E-state index in [1.165, 1.54) is 5.56 Å². The first kappa shape index (κ1) is 25.4. The molecule has 0 spiro atoms. The molecule has 0 aliphatic carbocycles. The highest BCUT2D eigenvalue weighted by molar-refractivity contribution is 6.14. The van der Waals surface area contributed by atoms with E-state index in [-0.39, 0.29) is 0 Å². The topological polar surface area (TPSA) is 29.5 Å².